The van der Waals surface area contributed by atoms with Crippen LogP contribution in [0.5, 0.6) is 5.75 Å². The second kappa shape index (κ2) is 10.1. The summed E-state index contributed by atoms with van der Waals surface area (Å²) < 4.78 is 6.59. The van der Waals surface area contributed by atoms with Crippen LogP contribution in [-0.2, 0) is 4.79 Å². The molecule has 0 spiro atoms. The first-order valence-corrected chi connectivity index (χ1v) is 8.49. The van der Waals surface area contributed by atoms with E-state index in [1.165, 1.54) is 0 Å². The molecule has 0 aliphatic carbocycles. The Morgan fingerprint density at radius 1 is 1.43 bits per heavy atom. The van der Waals surface area contributed by atoms with Crippen molar-refractivity contribution in [1.82, 2.24) is 15.5 Å². The zero-order valence-corrected chi connectivity index (χ0v) is 16.0. The summed E-state index contributed by atoms with van der Waals surface area (Å²) >= 11 is 3.46. The SMILES string of the molecule is Cc1ccc(OC(C)C(=O)NCCN2CCNCC2)c(Br)c1.Cl. The van der Waals surface area contributed by atoms with E-state index < -0.39 is 6.10 Å². The maximum atomic E-state index is 12.1. The maximum absolute atomic E-state index is 12.1. The molecule has 1 fully saturated rings. The average Bonchev–Trinajstić information content (AvgIpc) is 2.51. The smallest absolute Gasteiger partial charge is 0.260 e. The Balaban J connectivity index is 0.00000264. The molecule has 1 aliphatic heterocycles. The third kappa shape index (κ3) is 6.67. The number of aryl methyl sites for hydroxylation is 1. The van der Waals surface area contributed by atoms with Crippen molar-refractivity contribution in [3.63, 3.8) is 0 Å². The van der Waals surface area contributed by atoms with E-state index >= 15 is 0 Å². The summed E-state index contributed by atoms with van der Waals surface area (Å²) in [6.07, 6.45) is -0.512. The van der Waals surface area contributed by atoms with Crippen molar-refractivity contribution >= 4 is 34.2 Å². The molecule has 1 unspecified atom stereocenters. The van der Waals surface area contributed by atoms with Crippen LogP contribution in [0.1, 0.15) is 12.5 Å². The molecule has 0 radical (unpaired) electrons. The van der Waals surface area contributed by atoms with E-state index in [1.807, 2.05) is 25.1 Å². The monoisotopic (exact) mass is 405 g/mol. The van der Waals surface area contributed by atoms with Crippen molar-refractivity contribution in [2.75, 3.05) is 39.3 Å². The van der Waals surface area contributed by atoms with Crippen molar-refractivity contribution in [1.29, 1.82) is 0 Å². The molecular formula is C16H25BrClN3O2. The number of nitrogens with one attached hydrogen (secondary N) is 2. The number of rotatable bonds is 6. The first-order chi connectivity index (χ1) is 10.6. The number of halogens is 2. The number of carbonyl (C=O) groups is 1. The predicted molar refractivity (Wildman–Crippen MR) is 98.5 cm³/mol. The van der Waals surface area contributed by atoms with E-state index in [9.17, 15) is 4.79 Å². The normalized spacial score (nSPS) is 16.3. The van der Waals surface area contributed by atoms with Gasteiger partial charge in [0.1, 0.15) is 5.75 Å². The van der Waals surface area contributed by atoms with E-state index in [0.717, 1.165) is 42.8 Å². The van der Waals surface area contributed by atoms with E-state index in [1.54, 1.807) is 6.92 Å². The molecule has 1 atom stereocenters. The molecule has 1 amide bonds. The van der Waals surface area contributed by atoms with E-state index in [2.05, 4.69) is 31.5 Å². The topological polar surface area (TPSA) is 53.6 Å². The molecule has 2 rings (SSSR count). The highest BCUT2D eigenvalue weighted by Crippen LogP contribution is 2.26. The van der Waals surface area contributed by atoms with Crippen LogP contribution in [0.15, 0.2) is 22.7 Å². The third-order valence-electron chi connectivity index (χ3n) is 3.70. The predicted octanol–water partition coefficient (Wildman–Crippen LogP) is 1.97. The minimum Gasteiger partial charge on any atom is -0.480 e. The molecule has 130 valence electrons. The molecule has 0 aromatic heterocycles. The van der Waals surface area contributed by atoms with Gasteiger partial charge in [0.2, 0.25) is 0 Å². The lowest BCUT2D eigenvalue weighted by Gasteiger charge is -2.27. The highest BCUT2D eigenvalue weighted by atomic mass is 79.9. The van der Waals surface area contributed by atoms with Gasteiger partial charge in [0.05, 0.1) is 4.47 Å². The molecular weight excluding hydrogens is 382 g/mol. The number of hydrogen-bond acceptors (Lipinski definition) is 4. The van der Waals surface area contributed by atoms with Gasteiger partial charge in [-0.1, -0.05) is 6.07 Å². The molecule has 5 nitrogen and oxygen atoms in total. The van der Waals surface area contributed by atoms with Crippen LogP contribution in [0.4, 0.5) is 0 Å². The zero-order chi connectivity index (χ0) is 15.9. The van der Waals surface area contributed by atoms with Gasteiger partial charge in [0.15, 0.2) is 6.10 Å². The van der Waals surface area contributed by atoms with Gasteiger partial charge < -0.3 is 15.4 Å². The molecule has 1 saturated heterocycles. The van der Waals surface area contributed by atoms with Gasteiger partial charge in [0.25, 0.3) is 5.91 Å². The second-order valence-corrected chi connectivity index (χ2v) is 6.43. The Hall–Kier alpha value is -0.820. The summed E-state index contributed by atoms with van der Waals surface area (Å²) in [7, 11) is 0. The summed E-state index contributed by atoms with van der Waals surface area (Å²) in [6.45, 7) is 9.45. The number of benzene rings is 1. The van der Waals surface area contributed by atoms with Crippen LogP contribution in [0.2, 0.25) is 0 Å². The second-order valence-electron chi connectivity index (χ2n) is 5.58. The summed E-state index contributed by atoms with van der Waals surface area (Å²) in [5, 5.41) is 6.25. The molecule has 1 aromatic carbocycles. The first-order valence-electron chi connectivity index (χ1n) is 7.70. The molecule has 7 heteroatoms. The number of piperazine rings is 1. The lowest BCUT2D eigenvalue weighted by molar-refractivity contribution is -0.127. The van der Waals surface area contributed by atoms with E-state index in [4.69, 9.17) is 4.74 Å². The minimum atomic E-state index is -0.512. The quantitative estimate of drug-likeness (QED) is 0.758. The van der Waals surface area contributed by atoms with E-state index in [-0.39, 0.29) is 18.3 Å². The Morgan fingerprint density at radius 2 is 2.13 bits per heavy atom. The molecule has 1 aliphatic rings. The van der Waals surface area contributed by atoms with Crippen molar-refractivity contribution in [3.05, 3.63) is 28.2 Å². The summed E-state index contributed by atoms with van der Waals surface area (Å²) in [5.41, 5.74) is 1.15. The molecule has 1 aromatic rings. The van der Waals surface area contributed by atoms with Gasteiger partial charge in [0, 0.05) is 39.3 Å². The van der Waals surface area contributed by atoms with Crippen LogP contribution in [-0.4, -0.2) is 56.2 Å². The fraction of sp³-hybridized carbons (Fsp3) is 0.562. The van der Waals surface area contributed by atoms with Gasteiger partial charge in [-0.05, 0) is 47.5 Å². The summed E-state index contributed by atoms with van der Waals surface area (Å²) in [5.74, 6) is 0.609. The summed E-state index contributed by atoms with van der Waals surface area (Å²) in [6, 6.07) is 5.82. The fourth-order valence-electron chi connectivity index (χ4n) is 2.36. The average molecular weight is 407 g/mol. The van der Waals surface area contributed by atoms with Crippen LogP contribution >= 0.6 is 28.3 Å². The van der Waals surface area contributed by atoms with E-state index in [0.29, 0.717) is 12.3 Å². The standard InChI is InChI=1S/C16H24BrN3O2.ClH/c1-12-3-4-15(14(17)11-12)22-13(2)16(21)19-7-10-20-8-5-18-6-9-20;/h3-4,11,13,18H,5-10H2,1-2H3,(H,19,21);1H. The number of ether oxygens (including phenoxy) is 1. The van der Waals surface area contributed by atoms with Gasteiger partial charge in [-0.2, -0.15) is 0 Å². The molecule has 1 heterocycles. The highest BCUT2D eigenvalue weighted by molar-refractivity contribution is 9.10. The highest BCUT2D eigenvalue weighted by Gasteiger charge is 2.16. The van der Waals surface area contributed by atoms with Gasteiger partial charge in [-0.3, -0.25) is 9.69 Å². The van der Waals surface area contributed by atoms with Gasteiger partial charge in [-0.25, -0.2) is 0 Å². The lowest BCUT2D eigenvalue weighted by Crippen LogP contribution is -2.47. The maximum Gasteiger partial charge on any atom is 0.260 e. The fourth-order valence-corrected chi connectivity index (χ4v) is 2.95. The number of nitrogens with zero attached hydrogens (tertiary/aromatic N) is 1. The van der Waals surface area contributed by atoms with Crippen molar-refractivity contribution in [2.24, 2.45) is 0 Å². The van der Waals surface area contributed by atoms with Crippen molar-refractivity contribution in [2.45, 2.75) is 20.0 Å². The minimum absolute atomic E-state index is 0. The summed E-state index contributed by atoms with van der Waals surface area (Å²) in [4.78, 5) is 14.4. The zero-order valence-electron chi connectivity index (χ0n) is 13.6. The van der Waals surface area contributed by atoms with Crippen LogP contribution in [0, 0.1) is 6.92 Å². The molecule has 23 heavy (non-hydrogen) atoms. The number of carbonyl (C=O) groups excluding carboxylic acids is 1. The Labute approximate surface area is 152 Å². The largest absolute Gasteiger partial charge is 0.480 e. The molecule has 2 N–H and O–H groups in total. The van der Waals surface area contributed by atoms with Gasteiger partial charge in [-0.15, -0.1) is 12.4 Å². The van der Waals surface area contributed by atoms with Crippen LogP contribution < -0.4 is 15.4 Å². The van der Waals surface area contributed by atoms with Gasteiger partial charge >= 0.3 is 0 Å². The van der Waals surface area contributed by atoms with Crippen LogP contribution in [0.25, 0.3) is 0 Å². The van der Waals surface area contributed by atoms with Crippen molar-refractivity contribution in [3.8, 4) is 5.75 Å². The Bertz CT molecular complexity index is 510. The first kappa shape index (κ1) is 20.2. The third-order valence-corrected chi connectivity index (χ3v) is 4.32. The Kier molecular flexibility index (Phi) is 8.91. The van der Waals surface area contributed by atoms with Crippen LogP contribution in [0.3, 0.4) is 0 Å². The van der Waals surface area contributed by atoms with Crippen molar-refractivity contribution < 1.29 is 9.53 Å². The molecule has 0 bridgehead atoms. The lowest BCUT2D eigenvalue weighted by atomic mass is 10.2. The Morgan fingerprint density at radius 3 is 2.78 bits per heavy atom. The number of hydrogen-bond donors (Lipinski definition) is 2. The molecule has 0 saturated carbocycles. The number of amides is 1.